The summed E-state index contributed by atoms with van der Waals surface area (Å²) in [6.45, 7) is 7.19. The Hall–Kier alpha value is 0.210. The molecule has 2 rings (SSSR count). The zero-order valence-electron chi connectivity index (χ0n) is 11.2. The minimum absolute atomic E-state index is 0. The normalized spacial score (nSPS) is 34.6. The van der Waals surface area contributed by atoms with Crippen molar-refractivity contribution in [2.24, 2.45) is 23.5 Å². The number of likely N-dealkylation sites (tertiary alicyclic amines) is 1. The second kappa shape index (κ2) is 7.60. The molecular weight excluding hydrogens is 232 g/mol. The van der Waals surface area contributed by atoms with Gasteiger partial charge in [-0.2, -0.15) is 0 Å². The Bertz CT molecular complexity index is 210. The molecule has 1 aliphatic heterocycles. The second-order valence-electron chi connectivity index (χ2n) is 6.12. The highest BCUT2D eigenvalue weighted by atomic mass is 35.5. The van der Waals surface area contributed by atoms with E-state index in [-0.39, 0.29) is 12.4 Å². The SMILES string of the molecule is CC1CCCC(CCN2CCC(CN)C2)C1.Cl. The Morgan fingerprint density at radius 3 is 2.65 bits per heavy atom. The van der Waals surface area contributed by atoms with Gasteiger partial charge in [0.25, 0.3) is 0 Å². The number of hydrogen-bond donors (Lipinski definition) is 1. The van der Waals surface area contributed by atoms with Crippen molar-refractivity contribution in [2.75, 3.05) is 26.2 Å². The summed E-state index contributed by atoms with van der Waals surface area (Å²) in [5.74, 6) is 2.78. The molecule has 0 aromatic heterocycles. The van der Waals surface area contributed by atoms with E-state index in [4.69, 9.17) is 5.73 Å². The van der Waals surface area contributed by atoms with Gasteiger partial charge in [0.1, 0.15) is 0 Å². The third kappa shape index (κ3) is 4.76. The van der Waals surface area contributed by atoms with Gasteiger partial charge in [-0.3, -0.25) is 0 Å². The summed E-state index contributed by atoms with van der Waals surface area (Å²) in [6, 6.07) is 0. The highest BCUT2D eigenvalue weighted by molar-refractivity contribution is 5.85. The number of nitrogens with two attached hydrogens (primary N) is 1. The molecule has 17 heavy (non-hydrogen) atoms. The van der Waals surface area contributed by atoms with Gasteiger partial charge < -0.3 is 10.6 Å². The Kier molecular flexibility index (Phi) is 6.83. The van der Waals surface area contributed by atoms with Crippen molar-refractivity contribution < 1.29 is 0 Å². The highest BCUT2D eigenvalue weighted by Crippen LogP contribution is 2.31. The van der Waals surface area contributed by atoms with Gasteiger partial charge in [-0.05, 0) is 56.7 Å². The van der Waals surface area contributed by atoms with Crippen LogP contribution in [-0.2, 0) is 0 Å². The van der Waals surface area contributed by atoms with Gasteiger partial charge in [-0.15, -0.1) is 12.4 Å². The van der Waals surface area contributed by atoms with Crippen molar-refractivity contribution in [3.63, 3.8) is 0 Å². The van der Waals surface area contributed by atoms with Gasteiger partial charge in [0.15, 0.2) is 0 Å². The van der Waals surface area contributed by atoms with E-state index in [0.717, 1.165) is 24.3 Å². The van der Waals surface area contributed by atoms with Gasteiger partial charge in [-0.25, -0.2) is 0 Å². The van der Waals surface area contributed by atoms with Crippen LogP contribution in [0.5, 0.6) is 0 Å². The molecule has 102 valence electrons. The first kappa shape index (κ1) is 15.3. The number of hydrogen-bond acceptors (Lipinski definition) is 2. The lowest BCUT2D eigenvalue weighted by atomic mass is 9.81. The predicted octanol–water partition coefficient (Wildman–Crippen LogP) is 2.91. The predicted molar refractivity (Wildman–Crippen MR) is 76.6 cm³/mol. The van der Waals surface area contributed by atoms with E-state index in [0.29, 0.717) is 0 Å². The van der Waals surface area contributed by atoms with Crippen LogP contribution >= 0.6 is 12.4 Å². The highest BCUT2D eigenvalue weighted by Gasteiger charge is 2.23. The quantitative estimate of drug-likeness (QED) is 0.842. The smallest absolute Gasteiger partial charge is 0.00222 e. The molecule has 0 spiro atoms. The van der Waals surface area contributed by atoms with Crippen molar-refractivity contribution in [3.05, 3.63) is 0 Å². The molecule has 1 saturated carbocycles. The average Bonchev–Trinajstić information content (AvgIpc) is 2.74. The van der Waals surface area contributed by atoms with Crippen molar-refractivity contribution in [1.82, 2.24) is 4.90 Å². The molecule has 2 N–H and O–H groups in total. The Morgan fingerprint density at radius 1 is 1.18 bits per heavy atom. The minimum Gasteiger partial charge on any atom is -0.330 e. The molecule has 2 aliphatic rings. The van der Waals surface area contributed by atoms with Crippen LogP contribution in [0, 0.1) is 17.8 Å². The van der Waals surface area contributed by atoms with Gasteiger partial charge in [0, 0.05) is 6.54 Å². The van der Waals surface area contributed by atoms with E-state index in [9.17, 15) is 0 Å². The molecule has 2 nitrogen and oxygen atoms in total. The largest absolute Gasteiger partial charge is 0.330 e. The van der Waals surface area contributed by atoms with Crippen molar-refractivity contribution in [1.29, 1.82) is 0 Å². The van der Waals surface area contributed by atoms with E-state index in [2.05, 4.69) is 11.8 Å². The lowest BCUT2D eigenvalue weighted by Gasteiger charge is -2.28. The lowest BCUT2D eigenvalue weighted by molar-refractivity contribution is 0.229. The zero-order valence-corrected chi connectivity index (χ0v) is 12.1. The fourth-order valence-electron chi connectivity index (χ4n) is 3.50. The fourth-order valence-corrected chi connectivity index (χ4v) is 3.50. The van der Waals surface area contributed by atoms with Crippen LogP contribution in [0.25, 0.3) is 0 Å². The third-order valence-electron chi connectivity index (χ3n) is 4.60. The molecule has 0 amide bonds. The van der Waals surface area contributed by atoms with E-state index < -0.39 is 0 Å². The lowest BCUT2D eigenvalue weighted by Crippen LogP contribution is -2.26. The molecule has 1 aliphatic carbocycles. The molecule has 2 fully saturated rings. The number of rotatable bonds is 4. The number of halogens is 1. The van der Waals surface area contributed by atoms with Crippen LogP contribution in [0.3, 0.4) is 0 Å². The van der Waals surface area contributed by atoms with Crippen LogP contribution in [0.15, 0.2) is 0 Å². The topological polar surface area (TPSA) is 29.3 Å². The molecule has 3 heteroatoms. The maximum atomic E-state index is 5.73. The van der Waals surface area contributed by atoms with Crippen LogP contribution in [0.1, 0.15) is 45.4 Å². The second-order valence-corrected chi connectivity index (χ2v) is 6.12. The Morgan fingerprint density at radius 2 is 2.00 bits per heavy atom. The summed E-state index contributed by atoms with van der Waals surface area (Å²) < 4.78 is 0. The Labute approximate surface area is 113 Å². The monoisotopic (exact) mass is 260 g/mol. The first-order chi connectivity index (χ1) is 7.78. The fraction of sp³-hybridized carbons (Fsp3) is 1.00. The first-order valence-electron chi connectivity index (χ1n) is 7.20. The van der Waals surface area contributed by atoms with E-state index in [1.54, 1.807) is 0 Å². The van der Waals surface area contributed by atoms with Crippen LogP contribution in [0.4, 0.5) is 0 Å². The molecule has 1 heterocycles. The van der Waals surface area contributed by atoms with Crippen LogP contribution in [-0.4, -0.2) is 31.1 Å². The molecule has 3 atom stereocenters. The molecular formula is C14H29ClN2. The summed E-state index contributed by atoms with van der Waals surface area (Å²) in [5, 5.41) is 0. The van der Waals surface area contributed by atoms with Gasteiger partial charge in [0.05, 0.1) is 0 Å². The van der Waals surface area contributed by atoms with E-state index >= 15 is 0 Å². The molecule has 3 unspecified atom stereocenters. The Balaban J connectivity index is 0.00000144. The zero-order chi connectivity index (χ0) is 11.4. The van der Waals surface area contributed by atoms with Crippen molar-refractivity contribution in [2.45, 2.75) is 45.4 Å². The van der Waals surface area contributed by atoms with Gasteiger partial charge in [-0.1, -0.05) is 26.2 Å². The maximum absolute atomic E-state index is 5.73. The minimum atomic E-state index is 0. The standard InChI is InChI=1S/C14H28N2.ClH/c1-12-3-2-4-13(9-12)5-7-16-8-6-14(10-15)11-16;/h12-14H,2-11,15H2,1H3;1H. The summed E-state index contributed by atoms with van der Waals surface area (Å²) in [4.78, 5) is 2.64. The third-order valence-corrected chi connectivity index (χ3v) is 4.60. The summed E-state index contributed by atoms with van der Waals surface area (Å²) in [5.41, 5.74) is 5.73. The van der Waals surface area contributed by atoms with E-state index in [1.165, 1.54) is 58.2 Å². The molecule has 0 aromatic carbocycles. The van der Waals surface area contributed by atoms with Crippen molar-refractivity contribution >= 4 is 12.4 Å². The van der Waals surface area contributed by atoms with Crippen LogP contribution in [0.2, 0.25) is 0 Å². The summed E-state index contributed by atoms with van der Waals surface area (Å²) >= 11 is 0. The first-order valence-corrected chi connectivity index (χ1v) is 7.20. The molecule has 0 bridgehead atoms. The maximum Gasteiger partial charge on any atom is 0.00222 e. The average molecular weight is 261 g/mol. The van der Waals surface area contributed by atoms with E-state index in [1.807, 2.05) is 0 Å². The molecule has 0 aromatic rings. The molecule has 1 saturated heterocycles. The van der Waals surface area contributed by atoms with Gasteiger partial charge in [0.2, 0.25) is 0 Å². The number of nitrogens with zero attached hydrogens (tertiary/aromatic N) is 1. The summed E-state index contributed by atoms with van der Waals surface area (Å²) in [6.07, 6.45) is 8.67. The summed E-state index contributed by atoms with van der Waals surface area (Å²) in [7, 11) is 0. The molecule has 0 radical (unpaired) electrons. The van der Waals surface area contributed by atoms with Crippen LogP contribution < -0.4 is 5.73 Å². The van der Waals surface area contributed by atoms with Gasteiger partial charge >= 0.3 is 0 Å². The van der Waals surface area contributed by atoms with Crippen molar-refractivity contribution in [3.8, 4) is 0 Å².